The van der Waals surface area contributed by atoms with Crippen molar-refractivity contribution >= 4 is 22.6 Å². The van der Waals surface area contributed by atoms with Gasteiger partial charge in [-0.1, -0.05) is 20.8 Å². The minimum atomic E-state index is -0.0601. The van der Waals surface area contributed by atoms with Crippen molar-refractivity contribution in [3.8, 4) is 0 Å². The molecule has 1 saturated heterocycles. The van der Waals surface area contributed by atoms with Gasteiger partial charge in [0.05, 0.1) is 11.0 Å². The molecule has 2 heterocycles. The molecule has 0 atom stereocenters. The van der Waals surface area contributed by atoms with Crippen LogP contribution in [0.25, 0.3) is 11.0 Å². The van der Waals surface area contributed by atoms with Crippen LogP contribution in [0.3, 0.4) is 0 Å². The number of anilines is 1. The van der Waals surface area contributed by atoms with Gasteiger partial charge in [-0.05, 0) is 43.4 Å². The molecule has 0 unspecified atom stereocenters. The van der Waals surface area contributed by atoms with E-state index >= 15 is 0 Å². The highest BCUT2D eigenvalue weighted by Gasteiger charge is 2.27. The Morgan fingerprint density at radius 2 is 2.08 bits per heavy atom. The van der Waals surface area contributed by atoms with E-state index in [4.69, 9.17) is 9.72 Å². The number of amides is 1. The summed E-state index contributed by atoms with van der Waals surface area (Å²) in [6, 6.07) is 6.03. The van der Waals surface area contributed by atoms with E-state index in [9.17, 15) is 4.79 Å². The Bertz CT molecular complexity index is 758. The van der Waals surface area contributed by atoms with Crippen molar-refractivity contribution in [3.63, 3.8) is 0 Å². The van der Waals surface area contributed by atoms with Gasteiger partial charge in [0.2, 0.25) is 5.91 Å². The lowest BCUT2D eigenvalue weighted by molar-refractivity contribution is -0.114. The van der Waals surface area contributed by atoms with Gasteiger partial charge in [0.25, 0.3) is 0 Å². The van der Waals surface area contributed by atoms with Crippen LogP contribution in [0.1, 0.15) is 52.8 Å². The number of hydrogen-bond donors (Lipinski definition) is 1. The van der Waals surface area contributed by atoms with Crippen molar-refractivity contribution in [1.82, 2.24) is 9.55 Å². The summed E-state index contributed by atoms with van der Waals surface area (Å²) in [6.07, 6.45) is 3.24. The zero-order valence-corrected chi connectivity index (χ0v) is 15.8. The van der Waals surface area contributed by atoms with Crippen LogP contribution < -0.4 is 5.32 Å². The summed E-state index contributed by atoms with van der Waals surface area (Å²) in [5.41, 5.74) is 2.92. The summed E-state index contributed by atoms with van der Waals surface area (Å²) < 4.78 is 7.91. The van der Waals surface area contributed by atoms with Crippen LogP contribution in [-0.4, -0.2) is 28.7 Å². The van der Waals surface area contributed by atoms with E-state index in [1.54, 1.807) is 0 Å². The van der Waals surface area contributed by atoms with Gasteiger partial charge in [-0.2, -0.15) is 0 Å². The predicted molar refractivity (Wildman–Crippen MR) is 101 cm³/mol. The van der Waals surface area contributed by atoms with Crippen molar-refractivity contribution in [2.45, 2.75) is 58.9 Å². The molecule has 1 aromatic heterocycles. The minimum Gasteiger partial charge on any atom is -0.381 e. The van der Waals surface area contributed by atoms with Gasteiger partial charge in [-0.15, -0.1) is 0 Å². The lowest BCUT2D eigenvalue weighted by Crippen LogP contribution is -2.26. The summed E-state index contributed by atoms with van der Waals surface area (Å²) in [6.45, 7) is 10.9. The van der Waals surface area contributed by atoms with E-state index < -0.39 is 0 Å². The molecule has 0 aliphatic carbocycles. The van der Waals surface area contributed by atoms with E-state index in [0.29, 0.717) is 5.92 Å². The summed E-state index contributed by atoms with van der Waals surface area (Å²) in [5, 5.41) is 2.86. The van der Waals surface area contributed by atoms with Crippen molar-refractivity contribution in [2.24, 2.45) is 5.92 Å². The highest BCUT2D eigenvalue weighted by molar-refractivity contribution is 5.91. The maximum Gasteiger partial charge on any atom is 0.221 e. The Kier molecular flexibility index (Phi) is 5.13. The van der Waals surface area contributed by atoms with Crippen molar-refractivity contribution in [1.29, 1.82) is 0 Å². The van der Waals surface area contributed by atoms with Crippen LogP contribution in [0, 0.1) is 5.92 Å². The smallest absolute Gasteiger partial charge is 0.221 e. The number of carbonyl (C=O) groups excluding carboxylic acids is 1. The van der Waals surface area contributed by atoms with Crippen molar-refractivity contribution in [2.75, 3.05) is 18.5 Å². The molecule has 5 heteroatoms. The zero-order valence-electron chi connectivity index (χ0n) is 15.8. The van der Waals surface area contributed by atoms with Crippen LogP contribution in [0.4, 0.5) is 5.69 Å². The zero-order chi connectivity index (χ0) is 18.0. The predicted octanol–water partition coefficient (Wildman–Crippen LogP) is 4.11. The van der Waals surface area contributed by atoms with Crippen LogP contribution in [0.15, 0.2) is 18.2 Å². The molecule has 5 nitrogen and oxygen atoms in total. The minimum absolute atomic E-state index is 0.0123. The Morgan fingerprint density at radius 1 is 1.36 bits per heavy atom. The van der Waals surface area contributed by atoms with Crippen LogP contribution in [0.5, 0.6) is 0 Å². The Labute approximate surface area is 149 Å². The molecule has 1 amide bonds. The molecule has 1 N–H and O–H groups in total. The monoisotopic (exact) mass is 343 g/mol. The van der Waals surface area contributed by atoms with Gasteiger partial charge >= 0.3 is 0 Å². The number of nitrogens with zero attached hydrogens (tertiary/aromatic N) is 2. The van der Waals surface area contributed by atoms with Crippen molar-refractivity contribution < 1.29 is 9.53 Å². The van der Waals surface area contributed by atoms with E-state index in [0.717, 1.165) is 61.6 Å². The molecule has 3 rings (SSSR count). The molecular formula is C20H29N3O2. The van der Waals surface area contributed by atoms with Crippen LogP contribution >= 0.6 is 0 Å². The summed E-state index contributed by atoms with van der Waals surface area (Å²) >= 11 is 0. The molecule has 1 fully saturated rings. The number of imidazole rings is 1. The normalized spacial score (nSPS) is 16.3. The second-order valence-corrected chi connectivity index (χ2v) is 7.72. The van der Waals surface area contributed by atoms with Crippen LogP contribution in [-0.2, 0) is 21.5 Å². The average molecular weight is 343 g/mol. The quantitative estimate of drug-likeness (QED) is 0.889. The van der Waals surface area contributed by atoms with Gasteiger partial charge in [0, 0.05) is 37.8 Å². The molecule has 0 bridgehead atoms. The Balaban J connectivity index is 2.03. The van der Waals surface area contributed by atoms with Gasteiger partial charge in [-0.3, -0.25) is 4.79 Å². The number of hydrogen-bond acceptors (Lipinski definition) is 3. The summed E-state index contributed by atoms with van der Waals surface area (Å²) in [4.78, 5) is 16.3. The van der Waals surface area contributed by atoms with Gasteiger partial charge < -0.3 is 14.6 Å². The van der Waals surface area contributed by atoms with Gasteiger partial charge in [0.1, 0.15) is 5.82 Å². The van der Waals surface area contributed by atoms with Gasteiger partial charge in [-0.25, -0.2) is 4.98 Å². The molecular weight excluding hydrogens is 314 g/mol. The molecule has 1 aromatic carbocycles. The maximum absolute atomic E-state index is 11.3. The molecule has 2 aromatic rings. The molecule has 25 heavy (non-hydrogen) atoms. The van der Waals surface area contributed by atoms with Gasteiger partial charge in [0.15, 0.2) is 0 Å². The average Bonchev–Trinajstić information content (AvgIpc) is 2.94. The van der Waals surface area contributed by atoms with E-state index in [-0.39, 0.29) is 11.3 Å². The van der Waals surface area contributed by atoms with E-state index in [2.05, 4.69) is 36.7 Å². The Morgan fingerprint density at radius 3 is 2.72 bits per heavy atom. The summed E-state index contributed by atoms with van der Waals surface area (Å²) in [7, 11) is 0. The fraction of sp³-hybridized carbons (Fsp3) is 0.600. The largest absolute Gasteiger partial charge is 0.381 e. The third kappa shape index (κ3) is 3.87. The first-order chi connectivity index (χ1) is 11.9. The lowest BCUT2D eigenvalue weighted by Gasteiger charge is -2.28. The molecule has 0 radical (unpaired) electrons. The fourth-order valence-electron chi connectivity index (χ4n) is 3.46. The number of rotatable bonds is 5. The first kappa shape index (κ1) is 17.9. The SMILES string of the molecule is CCC(C)(C)c1nc2cc(NC(C)=O)ccc2n1CC1CCOCC1. The number of benzene rings is 1. The van der Waals surface area contributed by atoms with E-state index in [1.807, 2.05) is 12.1 Å². The first-order valence-corrected chi connectivity index (χ1v) is 9.27. The van der Waals surface area contributed by atoms with Crippen LogP contribution in [0.2, 0.25) is 0 Å². The van der Waals surface area contributed by atoms with Crippen molar-refractivity contribution in [3.05, 3.63) is 24.0 Å². The number of nitrogens with one attached hydrogen (secondary N) is 1. The highest BCUT2D eigenvalue weighted by Crippen LogP contribution is 2.32. The summed E-state index contributed by atoms with van der Waals surface area (Å²) in [5.74, 6) is 1.71. The van der Waals surface area contributed by atoms with E-state index in [1.165, 1.54) is 6.92 Å². The third-order valence-electron chi connectivity index (χ3n) is 5.34. The second kappa shape index (κ2) is 7.16. The lowest BCUT2D eigenvalue weighted by atomic mass is 9.89. The number of aromatic nitrogens is 2. The topological polar surface area (TPSA) is 56.2 Å². The molecule has 136 valence electrons. The molecule has 1 aliphatic rings. The maximum atomic E-state index is 11.3. The number of ether oxygens (including phenoxy) is 1. The standard InChI is InChI=1S/C20H29N3O2/c1-5-20(3,4)19-22-17-12-16(21-14(2)24)6-7-18(17)23(19)13-15-8-10-25-11-9-15/h6-7,12,15H,5,8-11,13H2,1-4H3,(H,21,24). The third-order valence-corrected chi connectivity index (χ3v) is 5.34. The number of carbonyl (C=O) groups is 1. The molecule has 0 saturated carbocycles. The fourth-order valence-corrected chi connectivity index (χ4v) is 3.46. The second-order valence-electron chi connectivity index (χ2n) is 7.72. The molecule has 0 spiro atoms. The number of fused-ring (bicyclic) bond motifs is 1. The molecule has 1 aliphatic heterocycles. The Hall–Kier alpha value is -1.88. The highest BCUT2D eigenvalue weighted by atomic mass is 16.5. The first-order valence-electron chi connectivity index (χ1n) is 9.27.